The number of hydrogen-bond donors (Lipinski definition) is 2. The first kappa shape index (κ1) is 17.4. The maximum atomic E-state index is 11.7. The first-order chi connectivity index (χ1) is 10.9. The summed E-state index contributed by atoms with van der Waals surface area (Å²) in [4.78, 5) is 11.7. The number of furan rings is 1. The molecule has 0 spiro atoms. The molecule has 23 heavy (non-hydrogen) atoms. The molecule has 126 valence electrons. The minimum Gasteiger partial charge on any atom is -0.449 e. The van der Waals surface area contributed by atoms with Crippen molar-refractivity contribution in [2.24, 2.45) is 5.92 Å². The van der Waals surface area contributed by atoms with Crippen LogP contribution >= 0.6 is 0 Å². The molecule has 2 unspecified atom stereocenters. The van der Waals surface area contributed by atoms with Crippen molar-refractivity contribution in [3.05, 3.63) is 23.7 Å². The van der Waals surface area contributed by atoms with E-state index in [9.17, 15) is 4.79 Å². The molecule has 1 amide bonds. The smallest absolute Gasteiger partial charge is 0.407 e. The van der Waals surface area contributed by atoms with E-state index in [1.807, 2.05) is 32.9 Å². The second kappa shape index (κ2) is 7.51. The largest absolute Gasteiger partial charge is 0.449 e. The van der Waals surface area contributed by atoms with Crippen LogP contribution in [0.3, 0.4) is 0 Å². The lowest BCUT2D eigenvalue weighted by molar-refractivity contribution is 0.0517. The molecule has 2 atom stereocenters. The van der Waals surface area contributed by atoms with Crippen molar-refractivity contribution < 1.29 is 13.9 Å². The molecule has 1 saturated carbocycles. The van der Waals surface area contributed by atoms with E-state index in [1.165, 1.54) is 0 Å². The second-order valence-electron chi connectivity index (χ2n) is 6.94. The van der Waals surface area contributed by atoms with Gasteiger partial charge in [0, 0.05) is 12.6 Å². The van der Waals surface area contributed by atoms with Gasteiger partial charge in [0.25, 0.3) is 0 Å². The Balaban J connectivity index is 1.76. The Morgan fingerprint density at radius 3 is 2.87 bits per heavy atom. The van der Waals surface area contributed by atoms with Gasteiger partial charge in [0.05, 0.1) is 6.54 Å². The monoisotopic (exact) mass is 319 g/mol. The summed E-state index contributed by atoms with van der Waals surface area (Å²) < 4.78 is 10.6. The van der Waals surface area contributed by atoms with Gasteiger partial charge in [-0.1, -0.05) is 6.42 Å². The third-order valence-corrected chi connectivity index (χ3v) is 3.88. The Bertz CT molecular complexity index is 568. The number of alkyl carbamates (subject to hydrolysis) is 1. The number of amides is 1. The van der Waals surface area contributed by atoms with Gasteiger partial charge in [-0.25, -0.2) is 4.79 Å². The van der Waals surface area contributed by atoms with E-state index >= 15 is 0 Å². The third kappa shape index (κ3) is 5.61. The Labute approximate surface area is 137 Å². The zero-order valence-electron chi connectivity index (χ0n) is 14.0. The lowest BCUT2D eigenvalue weighted by Crippen LogP contribution is -2.40. The number of hydrogen-bond acceptors (Lipinski definition) is 5. The molecule has 1 aliphatic rings. The summed E-state index contributed by atoms with van der Waals surface area (Å²) >= 11 is 0. The SMILES string of the molecule is CC(C)(C)OC(=O)NCC1CCCC1NCc1ccc(C#N)o1. The van der Waals surface area contributed by atoms with Crippen molar-refractivity contribution in [3.63, 3.8) is 0 Å². The lowest BCUT2D eigenvalue weighted by atomic mass is 10.0. The van der Waals surface area contributed by atoms with Crippen molar-refractivity contribution in [2.75, 3.05) is 6.54 Å². The van der Waals surface area contributed by atoms with Crippen molar-refractivity contribution in [3.8, 4) is 6.07 Å². The fraction of sp³-hybridized carbons (Fsp3) is 0.647. The quantitative estimate of drug-likeness (QED) is 0.871. The fourth-order valence-electron chi connectivity index (χ4n) is 2.84. The van der Waals surface area contributed by atoms with E-state index in [-0.39, 0.29) is 6.09 Å². The van der Waals surface area contributed by atoms with Gasteiger partial charge in [-0.05, 0) is 51.7 Å². The number of nitrogens with zero attached hydrogens (tertiary/aromatic N) is 1. The van der Waals surface area contributed by atoms with Crippen LogP contribution in [-0.4, -0.2) is 24.3 Å². The van der Waals surface area contributed by atoms with Gasteiger partial charge in [0.15, 0.2) is 0 Å². The number of nitriles is 1. The fourth-order valence-corrected chi connectivity index (χ4v) is 2.84. The summed E-state index contributed by atoms with van der Waals surface area (Å²) in [6.07, 6.45) is 2.93. The molecule has 1 aliphatic carbocycles. The van der Waals surface area contributed by atoms with Crippen LogP contribution in [0.15, 0.2) is 16.5 Å². The third-order valence-electron chi connectivity index (χ3n) is 3.88. The summed E-state index contributed by atoms with van der Waals surface area (Å²) in [6.45, 7) is 6.76. The molecule has 2 N–H and O–H groups in total. The van der Waals surface area contributed by atoms with Crippen LogP contribution in [0, 0.1) is 17.2 Å². The molecule has 0 aromatic carbocycles. The zero-order chi connectivity index (χ0) is 16.9. The van der Waals surface area contributed by atoms with Gasteiger partial charge in [-0.2, -0.15) is 5.26 Å². The Morgan fingerprint density at radius 1 is 1.43 bits per heavy atom. The lowest BCUT2D eigenvalue weighted by Gasteiger charge is -2.23. The van der Waals surface area contributed by atoms with Crippen molar-refractivity contribution in [1.29, 1.82) is 5.26 Å². The van der Waals surface area contributed by atoms with E-state index in [0.29, 0.717) is 30.8 Å². The second-order valence-corrected chi connectivity index (χ2v) is 6.94. The molecule has 1 aromatic rings. The molecular weight excluding hydrogens is 294 g/mol. The van der Waals surface area contributed by atoms with Crippen LogP contribution in [0.25, 0.3) is 0 Å². The molecular formula is C17H25N3O3. The molecule has 0 saturated heterocycles. The van der Waals surface area contributed by atoms with Gasteiger partial charge in [0.2, 0.25) is 5.76 Å². The molecule has 6 nitrogen and oxygen atoms in total. The standard InChI is InChI=1S/C17H25N3O3/c1-17(2,3)23-16(21)20-10-12-5-4-6-15(12)19-11-14-8-7-13(9-18)22-14/h7-8,12,15,19H,4-6,10-11H2,1-3H3,(H,20,21). The minimum atomic E-state index is -0.477. The van der Waals surface area contributed by atoms with Crippen LogP contribution in [0.1, 0.15) is 51.6 Å². The van der Waals surface area contributed by atoms with Gasteiger partial charge in [0.1, 0.15) is 17.4 Å². The molecule has 2 rings (SSSR count). The number of nitrogens with one attached hydrogen (secondary N) is 2. The van der Waals surface area contributed by atoms with Gasteiger partial charge in [-0.15, -0.1) is 0 Å². The summed E-state index contributed by atoms with van der Waals surface area (Å²) in [5.41, 5.74) is -0.477. The maximum Gasteiger partial charge on any atom is 0.407 e. The highest BCUT2D eigenvalue weighted by atomic mass is 16.6. The van der Waals surface area contributed by atoms with E-state index in [2.05, 4.69) is 10.6 Å². The molecule has 6 heteroatoms. The van der Waals surface area contributed by atoms with Gasteiger partial charge in [-0.3, -0.25) is 0 Å². The summed E-state index contributed by atoms with van der Waals surface area (Å²) in [5.74, 6) is 1.47. The molecule has 1 heterocycles. The molecule has 0 aliphatic heterocycles. The Kier molecular flexibility index (Phi) is 5.67. The predicted molar refractivity (Wildman–Crippen MR) is 85.6 cm³/mol. The summed E-state index contributed by atoms with van der Waals surface area (Å²) in [7, 11) is 0. The summed E-state index contributed by atoms with van der Waals surface area (Å²) in [6, 6.07) is 5.80. The normalized spacial score (nSPS) is 21.0. The van der Waals surface area contributed by atoms with E-state index in [4.69, 9.17) is 14.4 Å². The van der Waals surface area contributed by atoms with Crippen molar-refractivity contribution in [1.82, 2.24) is 10.6 Å². The van der Waals surface area contributed by atoms with E-state index in [0.717, 1.165) is 25.0 Å². The number of carbonyl (C=O) groups is 1. The molecule has 1 fully saturated rings. The molecule has 1 aromatic heterocycles. The zero-order valence-corrected chi connectivity index (χ0v) is 14.0. The van der Waals surface area contributed by atoms with Crippen molar-refractivity contribution >= 4 is 6.09 Å². The van der Waals surface area contributed by atoms with Crippen LogP contribution in [0.4, 0.5) is 4.79 Å². The van der Waals surface area contributed by atoms with E-state index < -0.39 is 5.60 Å². The van der Waals surface area contributed by atoms with Crippen LogP contribution < -0.4 is 10.6 Å². The summed E-state index contributed by atoms with van der Waals surface area (Å²) in [5, 5.41) is 15.1. The van der Waals surface area contributed by atoms with E-state index in [1.54, 1.807) is 6.07 Å². The highest BCUT2D eigenvalue weighted by Crippen LogP contribution is 2.25. The van der Waals surface area contributed by atoms with Gasteiger partial charge < -0.3 is 19.8 Å². The van der Waals surface area contributed by atoms with Crippen LogP contribution in [-0.2, 0) is 11.3 Å². The highest BCUT2D eigenvalue weighted by molar-refractivity contribution is 5.67. The highest BCUT2D eigenvalue weighted by Gasteiger charge is 2.28. The first-order valence-electron chi connectivity index (χ1n) is 8.06. The first-order valence-corrected chi connectivity index (χ1v) is 8.06. The molecule has 0 bridgehead atoms. The topological polar surface area (TPSA) is 87.3 Å². The number of rotatable bonds is 5. The average Bonchev–Trinajstić information content (AvgIpc) is 3.10. The van der Waals surface area contributed by atoms with Crippen molar-refractivity contribution in [2.45, 2.75) is 58.2 Å². The number of ether oxygens (including phenoxy) is 1. The van der Waals surface area contributed by atoms with Crippen LogP contribution in [0.2, 0.25) is 0 Å². The Hall–Kier alpha value is -2.00. The molecule has 0 radical (unpaired) electrons. The van der Waals surface area contributed by atoms with Crippen LogP contribution in [0.5, 0.6) is 0 Å². The maximum absolute atomic E-state index is 11.7. The number of carbonyl (C=O) groups excluding carboxylic acids is 1. The van der Waals surface area contributed by atoms with Gasteiger partial charge >= 0.3 is 6.09 Å². The average molecular weight is 319 g/mol. The predicted octanol–water partition coefficient (Wildman–Crippen LogP) is 2.93. The Morgan fingerprint density at radius 2 is 2.22 bits per heavy atom. The minimum absolute atomic E-state index is 0.330.